The van der Waals surface area contributed by atoms with Crippen LogP contribution < -0.4 is 4.74 Å². The third-order valence-corrected chi connectivity index (χ3v) is 6.42. The number of benzene rings is 2. The minimum atomic E-state index is -1.02. The van der Waals surface area contributed by atoms with Gasteiger partial charge in [0.25, 0.3) is 0 Å². The van der Waals surface area contributed by atoms with E-state index in [2.05, 4.69) is 10.1 Å². The Bertz CT molecular complexity index is 1260. The molecule has 1 amide bonds. The highest BCUT2D eigenvalue weighted by Crippen LogP contribution is 2.32. The molecule has 4 aromatic rings. The first-order chi connectivity index (χ1) is 16.0. The standard InChI is InChI=1S/C26H28N4O3/c1-26(32,9-12-30-11-4-10-28-30)21-7-8-24-20(15-21)18-29(13-14-33-24)25(31)16-19-17-27-23-6-3-2-5-22(19)23/h2-8,10-11,15,17,27,32H,9,12-14,16,18H2,1H3. The number of para-hydroxylation sites is 1. The molecule has 0 spiro atoms. The van der Waals surface area contributed by atoms with E-state index in [4.69, 9.17) is 4.74 Å². The van der Waals surface area contributed by atoms with Crippen molar-refractivity contribution in [1.82, 2.24) is 19.7 Å². The third-order valence-electron chi connectivity index (χ3n) is 6.42. The Morgan fingerprint density at radius 1 is 1.24 bits per heavy atom. The number of fused-ring (bicyclic) bond motifs is 2. The number of carbonyl (C=O) groups is 1. The second-order valence-corrected chi connectivity index (χ2v) is 8.82. The van der Waals surface area contributed by atoms with Gasteiger partial charge in [-0.2, -0.15) is 5.10 Å². The molecular weight excluding hydrogens is 416 g/mol. The number of nitrogens with one attached hydrogen (secondary N) is 1. The van der Waals surface area contributed by atoms with Gasteiger partial charge in [-0.05, 0) is 48.7 Å². The van der Waals surface area contributed by atoms with Crippen molar-refractivity contribution in [3.05, 3.63) is 83.8 Å². The van der Waals surface area contributed by atoms with E-state index in [1.54, 1.807) is 6.20 Å². The van der Waals surface area contributed by atoms with E-state index in [0.29, 0.717) is 39.1 Å². The molecule has 2 aromatic heterocycles. The van der Waals surface area contributed by atoms with Crippen LogP contribution in [0.2, 0.25) is 0 Å². The van der Waals surface area contributed by atoms with Crippen LogP contribution in [0.3, 0.4) is 0 Å². The summed E-state index contributed by atoms with van der Waals surface area (Å²) >= 11 is 0. The fourth-order valence-electron chi connectivity index (χ4n) is 4.40. The van der Waals surface area contributed by atoms with Crippen molar-refractivity contribution in [2.45, 2.75) is 38.5 Å². The smallest absolute Gasteiger partial charge is 0.227 e. The normalized spacial score (nSPS) is 15.5. The molecule has 7 nitrogen and oxygen atoms in total. The van der Waals surface area contributed by atoms with E-state index in [-0.39, 0.29) is 5.91 Å². The van der Waals surface area contributed by atoms with Gasteiger partial charge in [0, 0.05) is 48.1 Å². The summed E-state index contributed by atoms with van der Waals surface area (Å²) < 4.78 is 7.74. The number of amides is 1. The number of rotatable bonds is 6. The summed E-state index contributed by atoms with van der Waals surface area (Å²) in [5.41, 5.74) is 2.73. The van der Waals surface area contributed by atoms with Crippen LogP contribution in [0.15, 0.2) is 67.1 Å². The molecule has 1 aliphatic heterocycles. The number of nitrogens with zero attached hydrogens (tertiary/aromatic N) is 3. The number of aromatic nitrogens is 3. The zero-order chi connectivity index (χ0) is 22.8. The Morgan fingerprint density at radius 2 is 2.12 bits per heavy atom. The summed E-state index contributed by atoms with van der Waals surface area (Å²) in [6.45, 7) is 3.86. The van der Waals surface area contributed by atoms with E-state index < -0.39 is 5.60 Å². The molecule has 0 radical (unpaired) electrons. The fraction of sp³-hybridized carbons (Fsp3) is 0.308. The maximum absolute atomic E-state index is 13.2. The summed E-state index contributed by atoms with van der Waals surface area (Å²) in [5, 5.41) is 16.4. The lowest BCUT2D eigenvalue weighted by Crippen LogP contribution is -2.33. The lowest BCUT2D eigenvalue weighted by molar-refractivity contribution is -0.131. The van der Waals surface area contributed by atoms with Crippen LogP contribution in [-0.4, -0.2) is 43.8 Å². The molecule has 1 unspecified atom stereocenters. The lowest BCUT2D eigenvalue weighted by atomic mass is 9.91. The zero-order valence-corrected chi connectivity index (χ0v) is 18.7. The van der Waals surface area contributed by atoms with E-state index in [0.717, 1.165) is 33.3 Å². The van der Waals surface area contributed by atoms with Crippen LogP contribution in [0.5, 0.6) is 5.75 Å². The number of hydrogen-bond acceptors (Lipinski definition) is 4. The van der Waals surface area contributed by atoms with E-state index in [1.165, 1.54) is 0 Å². The second kappa shape index (κ2) is 8.75. The molecule has 1 atom stereocenters. The molecule has 0 saturated heterocycles. The van der Waals surface area contributed by atoms with Gasteiger partial charge >= 0.3 is 0 Å². The van der Waals surface area contributed by atoms with Gasteiger partial charge in [-0.25, -0.2) is 0 Å². The molecule has 2 N–H and O–H groups in total. The van der Waals surface area contributed by atoms with Crippen LogP contribution in [0.1, 0.15) is 30.0 Å². The SMILES string of the molecule is CC(O)(CCn1cccn1)c1ccc2c(c1)CN(C(=O)Cc1c[nH]c3ccccc13)CCO2. The van der Waals surface area contributed by atoms with Crippen molar-refractivity contribution in [2.24, 2.45) is 0 Å². The molecule has 3 heterocycles. The monoisotopic (exact) mass is 444 g/mol. The predicted molar refractivity (Wildman–Crippen MR) is 126 cm³/mol. The highest BCUT2D eigenvalue weighted by molar-refractivity contribution is 5.89. The first-order valence-corrected chi connectivity index (χ1v) is 11.3. The van der Waals surface area contributed by atoms with Crippen LogP contribution in [0, 0.1) is 0 Å². The van der Waals surface area contributed by atoms with Crippen molar-refractivity contribution < 1.29 is 14.6 Å². The van der Waals surface area contributed by atoms with Gasteiger partial charge < -0.3 is 19.7 Å². The topological polar surface area (TPSA) is 83.4 Å². The number of ether oxygens (including phenoxy) is 1. The van der Waals surface area contributed by atoms with Crippen LogP contribution in [0.4, 0.5) is 0 Å². The molecule has 0 fully saturated rings. The number of aliphatic hydroxyl groups is 1. The van der Waals surface area contributed by atoms with Crippen molar-refractivity contribution >= 4 is 16.8 Å². The first-order valence-electron chi connectivity index (χ1n) is 11.3. The van der Waals surface area contributed by atoms with E-state index in [1.807, 2.05) is 77.4 Å². The average Bonchev–Trinajstić information content (AvgIpc) is 3.43. The molecule has 0 saturated carbocycles. The van der Waals surface area contributed by atoms with Crippen molar-refractivity contribution in [3.8, 4) is 5.75 Å². The molecule has 33 heavy (non-hydrogen) atoms. The lowest BCUT2D eigenvalue weighted by Gasteiger charge is -2.25. The Morgan fingerprint density at radius 3 is 2.97 bits per heavy atom. The molecule has 170 valence electrons. The minimum absolute atomic E-state index is 0.0621. The summed E-state index contributed by atoms with van der Waals surface area (Å²) in [6, 6.07) is 15.7. The van der Waals surface area contributed by atoms with Gasteiger partial charge in [-0.15, -0.1) is 0 Å². The maximum Gasteiger partial charge on any atom is 0.227 e. The zero-order valence-electron chi connectivity index (χ0n) is 18.7. The van der Waals surface area contributed by atoms with Gasteiger partial charge in [0.2, 0.25) is 5.91 Å². The molecule has 0 aliphatic carbocycles. The summed E-state index contributed by atoms with van der Waals surface area (Å²) in [7, 11) is 0. The number of hydrogen-bond donors (Lipinski definition) is 2. The van der Waals surface area contributed by atoms with Crippen LogP contribution in [0.25, 0.3) is 10.9 Å². The minimum Gasteiger partial charge on any atom is -0.491 e. The highest BCUT2D eigenvalue weighted by atomic mass is 16.5. The number of aryl methyl sites for hydroxylation is 1. The van der Waals surface area contributed by atoms with Crippen LogP contribution >= 0.6 is 0 Å². The summed E-state index contributed by atoms with van der Waals surface area (Å²) in [5.74, 6) is 0.830. The number of H-pyrrole nitrogens is 1. The van der Waals surface area contributed by atoms with Crippen molar-refractivity contribution in [3.63, 3.8) is 0 Å². The second-order valence-electron chi connectivity index (χ2n) is 8.82. The average molecular weight is 445 g/mol. The molecule has 5 rings (SSSR count). The number of aromatic amines is 1. The molecule has 0 bridgehead atoms. The van der Waals surface area contributed by atoms with Gasteiger partial charge in [-0.3, -0.25) is 9.48 Å². The Labute approximate surface area is 192 Å². The Kier molecular flexibility index (Phi) is 5.64. The third kappa shape index (κ3) is 4.50. The molecular formula is C26H28N4O3. The largest absolute Gasteiger partial charge is 0.491 e. The summed E-state index contributed by atoms with van der Waals surface area (Å²) in [6.07, 6.45) is 6.40. The quantitative estimate of drug-likeness (QED) is 0.476. The predicted octanol–water partition coefficient (Wildman–Crippen LogP) is 3.63. The van der Waals surface area contributed by atoms with Crippen LogP contribution in [-0.2, 0) is 29.9 Å². The highest BCUT2D eigenvalue weighted by Gasteiger charge is 2.27. The van der Waals surface area contributed by atoms with Gasteiger partial charge in [-0.1, -0.05) is 24.3 Å². The van der Waals surface area contributed by atoms with Gasteiger partial charge in [0.15, 0.2) is 0 Å². The summed E-state index contributed by atoms with van der Waals surface area (Å²) in [4.78, 5) is 18.3. The van der Waals surface area contributed by atoms with E-state index >= 15 is 0 Å². The van der Waals surface area contributed by atoms with Gasteiger partial charge in [0.1, 0.15) is 12.4 Å². The maximum atomic E-state index is 13.2. The first kappa shape index (κ1) is 21.3. The van der Waals surface area contributed by atoms with Crippen molar-refractivity contribution in [1.29, 1.82) is 0 Å². The molecule has 1 aliphatic rings. The molecule has 7 heteroatoms. The van der Waals surface area contributed by atoms with Crippen molar-refractivity contribution in [2.75, 3.05) is 13.2 Å². The fourth-order valence-corrected chi connectivity index (χ4v) is 4.40. The Balaban J connectivity index is 1.32. The van der Waals surface area contributed by atoms with Gasteiger partial charge in [0.05, 0.1) is 18.6 Å². The number of carbonyl (C=O) groups excluding carboxylic acids is 1. The Hall–Kier alpha value is -3.58. The molecule has 2 aromatic carbocycles. The van der Waals surface area contributed by atoms with E-state index in [9.17, 15) is 9.90 Å².